The van der Waals surface area contributed by atoms with Gasteiger partial charge in [-0.05, 0) is 62.4 Å². The molecule has 0 aromatic heterocycles. The van der Waals surface area contributed by atoms with Gasteiger partial charge in [-0.1, -0.05) is 11.6 Å². The number of hydrogen-bond acceptors (Lipinski definition) is 6. The normalized spacial score (nSPS) is 15.4. The number of sulfonamides is 1. The van der Waals surface area contributed by atoms with Crippen LogP contribution in [0.3, 0.4) is 0 Å². The number of benzene rings is 2. The number of nitrogens with one attached hydrogen (secondary N) is 1. The average molecular weight is 388 g/mol. The Labute approximate surface area is 157 Å². The number of aryl methyl sites for hydroxylation is 2. The van der Waals surface area contributed by atoms with E-state index in [9.17, 15) is 18.5 Å². The Morgan fingerprint density at radius 2 is 1.93 bits per heavy atom. The zero-order valence-corrected chi connectivity index (χ0v) is 15.8. The van der Waals surface area contributed by atoms with Crippen molar-refractivity contribution in [2.45, 2.75) is 38.0 Å². The van der Waals surface area contributed by atoms with E-state index in [-0.39, 0.29) is 10.6 Å². The maximum Gasteiger partial charge on any atom is 0.295 e. The highest BCUT2D eigenvalue weighted by Gasteiger charge is 2.21. The number of nitrogens with two attached hydrogens (primary N) is 1. The van der Waals surface area contributed by atoms with Gasteiger partial charge < -0.3 is 0 Å². The number of anilines is 1. The fourth-order valence-electron chi connectivity index (χ4n) is 3.33. The Bertz CT molecular complexity index is 1060. The second-order valence-electron chi connectivity index (χ2n) is 6.61. The monoisotopic (exact) mass is 388 g/mol. The maximum atomic E-state index is 11.4. The molecule has 9 heteroatoms. The van der Waals surface area contributed by atoms with Gasteiger partial charge in [-0.3, -0.25) is 15.5 Å². The highest BCUT2D eigenvalue weighted by Crippen LogP contribution is 2.29. The number of fused-ring (bicyclic) bond motifs is 1. The minimum absolute atomic E-state index is 0.108. The molecule has 0 radical (unpaired) electrons. The van der Waals surface area contributed by atoms with Crippen molar-refractivity contribution in [3.63, 3.8) is 0 Å². The Morgan fingerprint density at radius 3 is 2.59 bits per heavy atom. The number of nitro groups is 1. The number of nitro benzene ring substituents is 1. The summed E-state index contributed by atoms with van der Waals surface area (Å²) >= 11 is 0. The summed E-state index contributed by atoms with van der Waals surface area (Å²) in [6.45, 7) is 4.09. The first-order valence-corrected chi connectivity index (χ1v) is 9.96. The summed E-state index contributed by atoms with van der Waals surface area (Å²) in [5.41, 5.74) is 7.90. The van der Waals surface area contributed by atoms with Crippen LogP contribution >= 0.6 is 0 Å². The third-order valence-electron chi connectivity index (χ3n) is 4.57. The van der Waals surface area contributed by atoms with Crippen LogP contribution in [0.2, 0.25) is 0 Å². The van der Waals surface area contributed by atoms with Crippen LogP contribution < -0.4 is 10.6 Å². The molecule has 2 aromatic rings. The largest absolute Gasteiger partial charge is 0.295 e. The maximum absolute atomic E-state index is 11.4. The van der Waals surface area contributed by atoms with Gasteiger partial charge in [0.1, 0.15) is 5.69 Å². The number of hydrazone groups is 1. The second-order valence-corrected chi connectivity index (χ2v) is 8.17. The number of hydrogen-bond donors (Lipinski definition) is 2. The van der Waals surface area contributed by atoms with Gasteiger partial charge in [0.05, 0.1) is 15.5 Å². The lowest BCUT2D eigenvalue weighted by Crippen LogP contribution is -2.15. The van der Waals surface area contributed by atoms with E-state index in [0.717, 1.165) is 42.2 Å². The van der Waals surface area contributed by atoms with E-state index in [0.29, 0.717) is 0 Å². The molecule has 3 rings (SSSR count). The minimum Gasteiger partial charge on any atom is -0.271 e. The van der Waals surface area contributed by atoms with E-state index >= 15 is 0 Å². The van der Waals surface area contributed by atoms with E-state index < -0.39 is 20.6 Å². The van der Waals surface area contributed by atoms with Gasteiger partial charge in [-0.15, -0.1) is 0 Å². The molecule has 1 aliphatic carbocycles. The quantitative estimate of drug-likeness (QED) is 0.615. The molecule has 8 nitrogen and oxygen atoms in total. The van der Waals surface area contributed by atoms with Crippen molar-refractivity contribution in [2.24, 2.45) is 10.2 Å². The van der Waals surface area contributed by atoms with Gasteiger partial charge >= 0.3 is 0 Å². The number of nitrogens with zero attached hydrogens (tertiary/aromatic N) is 2. The molecular formula is C18H20N4O4S. The summed E-state index contributed by atoms with van der Waals surface area (Å²) in [4.78, 5) is 10.3. The van der Waals surface area contributed by atoms with Crippen LogP contribution in [-0.2, 0) is 16.4 Å². The summed E-state index contributed by atoms with van der Waals surface area (Å²) in [5, 5.41) is 20.8. The fraction of sp³-hybridized carbons (Fsp3) is 0.278. The highest BCUT2D eigenvalue weighted by atomic mass is 32.2. The lowest BCUT2D eigenvalue weighted by atomic mass is 9.86. The Hall–Kier alpha value is -2.78. The van der Waals surface area contributed by atoms with Crippen LogP contribution in [0.15, 0.2) is 40.3 Å². The molecule has 0 saturated heterocycles. The van der Waals surface area contributed by atoms with Crippen LogP contribution in [0.25, 0.3) is 0 Å². The lowest BCUT2D eigenvalue weighted by molar-refractivity contribution is -0.384. The van der Waals surface area contributed by atoms with E-state index in [2.05, 4.69) is 29.6 Å². The highest BCUT2D eigenvalue weighted by molar-refractivity contribution is 7.89. The Balaban J connectivity index is 1.99. The lowest BCUT2D eigenvalue weighted by Gasteiger charge is -2.21. The summed E-state index contributed by atoms with van der Waals surface area (Å²) in [7, 11) is -4.03. The van der Waals surface area contributed by atoms with Gasteiger partial charge in [0, 0.05) is 11.6 Å². The molecule has 0 atom stereocenters. The Kier molecular flexibility index (Phi) is 4.99. The number of primary sulfonamides is 1. The molecule has 0 heterocycles. The molecule has 2 aromatic carbocycles. The average Bonchev–Trinajstić information content (AvgIpc) is 2.59. The molecule has 0 aliphatic heterocycles. The van der Waals surface area contributed by atoms with Crippen molar-refractivity contribution in [2.75, 3.05) is 5.43 Å². The van der Waals surface area contributed by atoms with Crippen molar-refractivity contribution in [3.05, 3.63) is 62.7 Å². The van der Waals surface area contributed by atoms with Gasteiger partial charge in [0.15, 0.2) is 0 Å². The zero-order chi connectivity index (χ0) is 19.8. The van der Waals surface area contributed by atoms with Crippen LogP contribution in [0.5, 0.6) is 0 Å². The fourth-order valence-corrected chi connectivity index (χ4v) is 3.87. The molecule has 27 heavy (non-hydrogen) atoms. The summed E-state index contributed by atoms with van der Waals surface area (Å²) in [6, 6.07) is 7.65. The Morgan fingerprint density at radius 1 is 1.19 bits per heavy atom. The third-order valence-corrected chi connectivity index (χ3v) is 5.49. The van der Waals surface area contributed by atoms with Gasteiger partial charge in [0.2, 0.25) is 10.0 Å². The third kappa shape index (κ3) is 3.99. The topological polar surface area (TPSA) is 128 Å². The van der Waals surface area contributed by atoms with Crippen LogP contribution in [0.4, 0.5) is 11.4 Å². The van der Waals surface area contributed by atoms with Crippen molar-refractivity contribution >= 4 is 27.1 Å². The van der Waals surface area contributed by atoms with E-state index in [1.807, 2.05) is 6.92 Å². The molecule has 0 saturated carbocycles. The van der Waals surface area contributed by atoms with Crippen LogP contribution in [-0.4, -0.2) is 19.1 Å². The minimum atomic E-state index is -4.03. The molecule has 0 unspecified atom stereocenters. The molecule has 1 aliphatic rings. The first-order chi connectivity index (χ1) is 12.7. The van der Waals surface area contributed by atoms with Gasteiger partial charge in [0.25, 0.3) is 5.69 Å². The van der Waals surface area contributed by atoms with E-state index in [4.69, 9.17) is 5.14 Å². The number of rotatable bonds is 4. The summed E-state index contributed by atoms with van der Waals surface area (Å²) in [5.74, 6) is 0. The second kappa shape index (κ2) is 7.09. The smallest absolute Gasteiger partial charge is 0.271 e. The van der Waals surface area contributed by atoms with Crippen molar-refractivity contribution < 1.29 is 13.3 Å². The van der Waals surface area contributed by atoms with Crippen molar-refractivity contribution in [1.82, 2.24) is 0 Å². The molecule has 0 fully saturated rings. The first kappa shape index (κ1) is 19.0. The first-order valence-electron chi connectivity index (χ1n) is 8.41. The van der Waals surface area contributed by atoms with Crippen molar-refractivity contribution in [3.8, 4) is 0 Å². The van der Waals surface area contributed by atoms with Crippen LogP contribution in [0, 0.1) is 24.0 Å². The van der Waals surface area contributed by atoms with E-state index in [1.165, 1.54) is 23.3 Å². The molecule has 0 amide bonds. The standard InChI is InChI=1S/C18H20N4O4S/c1-11-8-12(2)14-4-3-5-16(15(14)9-11)20-21-17-7-6-13(27(19,25)26)10-18(17)22(23)24/h6-10,21H,3-5H2,1-2H3,(H2,19,25,26). The van der Waals surface area contributed by atoms with E-state index in [1.54, 1.807) is 0 Å². The molecule has 0 spiro atoms. The van der Waals surface area contributed by atoms with Gasteiger partial charge in [-0.25, -0.2) is 13.6 Å². The molecule has 3 N–H and O–H groups in total. The molecule has 0 bridgehead atoms. The molecule has 142 valence electrons. The summed E-state index contributed by atoms with van der Waals surface area (Å²) < 4.78 is 22.9. The zero-order valence-electron chi connectivity index (χ0n) is 15.0. The molecular weight excluding hydrogens is 368 g/mol. The summed E-state index contributed by atoms with van der Waals surface area (Å²) in [6.07, 6.45) is 2.68. The van der Waals surface area contributed by atoms with Gasteiger partial charge in [-0.2, -0.15) is 5.10 Å². The predicted molar refractivity (Wildman–Crippen MR) is 103 cm³/mol. The SMILES string of the molecule is Cc1cc(C)c2c(c1)C(=NNc1ccc(S(N)(=O)=O)cc1[N+](=O)[O-])CCC2. The van der Waals surface area contributed by atoms with Crippen LogP contribution in [0.1, 0.15) is 35.1 Å². The van der Waals surface area contributed by atoms with Crippen molar-refractivity contribution in [1.29, 1.82) is 0 Å². The predicted octanol–water partition coefficient (Wildman–Crippen LogP) is 3.01.